The summed E-state index contributed by atoms with van der Waals surface area (Å²) < 4.78 is 17.3. The second kappa shape index (κ2) is 50.4. The molecule has 0 aliphatic heterocycles. The van der Waals surface area contributed by atoms with E-state index in [1.807, 2.05) is 0 Å². The molecule has 0 bridgehead atoms. The maximum Gasteiger partial charge on any atom is 0.306 e. The molecule has 0 saturated heterocycles. The highest BCUT2D eigenvalue weighted by Crippen LogP contribution is 2.13. The molecule has 0 saturated carbocycles. The van der Waals surface area contributed by atoms with Gasteiger partial charge in [-0.3, -0.25) is 9.59 Å². The lowest BCUT2D eigenvalue weighted by Crippen LogP contribution is -2.30. The van der Waals surface area contributed by atoms with E-state index in [0.717, 1.165) is 83.5 Å². The molecule has 0 aromatic heterocycles. The molecule has 1 unspecified atom stereocenters. The van der Waals surface area contributed by atoms with Crippen LogP contribution in [0.1, 0.15) is 226 Å². The van der Waals surface area contributed by atoms with Gasteiger partial charge in [-0.2, -0.15) is 0 Å². The topological polar surface area (TPSA) is 61.8 Å². The Morgan fingerprint density at radius 3 is 1.28 bits per heavy atom. The summed E-state index contributed by atoms with van der Waals surface area (Å²) in [4.78, 5) is 25.2. The predicted octanol–water partition coefficient (Wildman–Crippen LogP) is 16.9. The SMILES string of the molecule is CC/C=C\C/C=C\C/C=C\C/C=C\C/C=C\CCCC(=O)OCC(COCCCCCCCCCCCC/C=C\C/C=C\CCCCC)OC(=O)CCCCCCCCC. The van der Waals surface area contributed by atoms with Crippen LogP contribution in [0.3, 0.4) is 0 Å². The lowest BCUT2D eigenvalue weighted by Gasteiger charge is -2.18. The molecule has 1 atom stereocenters. The second-order valence-electron chi connectivity index (χ2n) is 16.3. The van der Waals surface area contributed by atoms with E-state index in [9.17, 15) is 9.59 Å². The van der Waals surface area contributed by atoms with E-state index in [4.69, 9.17) is 14.2 Å². The van der Waals surface area contributed by atoms with E-state index in [2.05, 4.69) is 106 Å². The molecule has 5 heteroatoms. The van der Waals surface area contributed by atoms with E-state index >= 15 is 0 Å². The van der Waals surface area contributed by atoms with Crippen LogP contribution in [0.2, 0.25) is 0 Å². The Kier molecular flexibility index (Phi) is 48.0. The first-order chi connectivity index (χ1) is 29.6. The highest BCUT2D eigenvalue weighted by atomic mass is 16.6. The third-order valence-electron chi connectivity index (χ3n) is 10.4. The number of allylic oxidation sites excluding steroid dienone is 14. The van der Waals surface area contributed by atoms with Crippen LogP contribution in [0.4, 0.5) is 0 Å². The average Bonchev–Trinajstić information content (AvgIpc) is 3.25. The van der Waals surface area contributed by atoms with E-state index in [1.165, 1.54) is 109 Å². The number of carbonyl (C=O) groups is 2. The lowest BCUT2D eigenvalue weighted by molar-refractivity contribution is -0.163. The summed E-state index contributed by atoms with van der Waals surface area (Å²) in [5.41, 5.74) is 0. The zero-order valence-corrected chi connectivity index (χ0v) is 39.5. The lowest BCUT2D eigenvalue weighted by atomic mass is 10.1. The fraction of sp³-hybridized carbons (Fsp3) is 0.709. The Morgan fingerprint density at radius 1 is 0.383 bits per heavy atom. The second-order valence-corrected chi connectivity index (χ2v) is 16.3. The van der Waals surface area contributed by atoms with Gasteiger partial charge in [0.05, 0.1) is 6.61 Å². The van der Waals surface area contributed by atoms with Crippen molar-refractivity contribution in [3.63, 3.8) is 0 Å². The van der Waals surface area contributed by atoms with Gasteiger partial charge in [-0.15, -0.1) is 0 Å². The molecule has 0 N–H and O–H groups in total. The zero-order chi connectivity index (χ0) is 43.5. The minimum atomic E-state index is -0.560. The summed E-state index contributed by atoms with van der Waals surface area (Å²) in [5.74, 6) is -0.473. The van der Waals surface area contributed by atoms with Crippen LogP contribution in [0.5, 0.6) is 0 Å². The minimum absolute atomic E-state index is 0.0524. The number of rotatable bonds is 45. The Balaban J connectivity index is 4.20. The predicted molar refractivity (Wildman–Crippen MR) is 260 cm³/mol. The Hall–Kier alpha value is -2.92. The van der Waals surface area contributed by atoms with Gasteiger partial charge in [0.1, 0.15) is 6.61 Å². The van der Waals surface area contributed by atoms with Crippen molar-refractivity contribution in [3.05, 3.63) is 85.1 Å². The highest BCUT2D eigenvalue weighted by Gasteiger charge is 2.17. The van der Waals surface area contributed by atoms with Gasteiger partial charge in [-0.05, 0) is 89.9 Å². The van der Waals surface area contributed by atoms with Gasteiger partial charge in [0.25, 0.3) is 0 Å². The molecule has 0 aromatic carbocycles. The van der Waals surface area contributed by atoms with Gasteiger partial charge in [0.2, 0.25) is 0 Å². The molecule has 0 aliphatic carbocycles. The summed E-state index contributed by atoms with van der Waals surface area (Å²) in [6.45, 7) is 7.59. The van der Waals surface area contributed by atoms with Crippen LogP contribution >= 0.6 is 0 Å². The maximum atomic E-state index is 12.7. The monoisotopic (exact) mass is 835 g/mol. The smallest absolute Gasteiger partial charge is 0.306 e. The number of hydrogen-bond donors (Lipinski definition) is 0. The first-order valence-corrected chi connectivity index (χ1v) is 25.1. The molecule has 0 aromatic rings. The van der Waals surface area contributed by atoms with Gasteiger partial charge in [0.15, 0.2) is 6.10 Å². The molecule has 0 aliphatic rings. The molecule has 0 heterocycles. The van der Waals surface area contributed by atoms with Crippen LogP contribution in [-0.4, -0.2) is 37.9 Å². The van der Waals surface area contributed by atoms with E-state index in [-0.39, 0.29) is 25.2 Å². The van der Waals surface area contributed by atoms with Crippen molar-refractivity contribution >= 4 is 11.9 Å². The van der Waals surface area contributed by atoms with Gasteiger partial charge in [-0.25, -0.2) is 0 Å². The Labute approximate surface area is 371 Å². The number of esters is 2. The molecular weight excluding hydrogens is 741 g/mol. The molecule has 0 spiro atoms. The molecule has 0 fully saturated rings. The van der Waals surface area contributed by atoms with Gasteiger partial charge < -0.3 is 14.2 Å². The van der Waals surface area contributed by atoms with Crippen LogP contribution < -0.4 is 0 Å². The van der Waals surface area contributed by atoms with Crippen molar-refractivity contribution < 1.29 is 23.8 Å². The van der Waals surface area contributed by atoms with E-state index in [1.54, 1.807) is 0 Å². The summed E-state index contributed by atoms with van der Waals surface area (Å²) >= 11 is 0. The average molecular weight is 835 g/mol. The van der Waals surface area contributed by atoms with E-state index < -0.39 is 6.10 Å². The quantitative estimate of drug-likeness (QED) is 0.0347. The molecule has 60 heavy (non-hydrogen) atoms. The molecule has 0 rings (SSSR count). The summed E-state index contributed by atoms with van der Waals surface area (Å²) in [7, 11) is 0. The summed E-state index contributed by atoms with van der Waals surface area (Å²) in [6, 6.07) is 0. The van der Waals surface area contributed by atoms with Gasteiger partial charge in [-0.1, -0.05) is 209 Å². The normalized spacial score (nSPS) is 12.9. The standard InChI is InChI=1S/C55H94O5/c1-4-7-10-13-16-18-20-22-24-26-27-28-30-32-34-36-38-41-44-47-50-58-51-53(60-55(57)49-46-43-39-15-12-9-6-3)52-59-54(56)48-45-42-40-37-35-33-31-29-25-23-21-19-17-14-11-8-5-2/h8,11,16-19,22-25,31,33,37,40,53H,4-7,9-10,12-15,20-21,26-30,32,34-36,38-39,41-52H2,1-3H3/b11-8-,18-16-,19-17-,24-22-,25-23-,33-31-,40-37-. The number of ether oxygens (including phenoxy) is 3. The van der Waals surface area contributed by atoms with Crippen LogP contribution in [-0.2, 0) is 23.8 Å². The number of carbonyl (C=O) groups excluding carboxylic acids is 2. The molecule has 5 nitrogen and oxygen atoms in total. The Bertz CT molecular complexity index is 1130. The van der Waals surface area contributed by atoms with Crippen LogP contribution in [0, 0.1) is 0 Å². The van der Waals surface area contributed by atoms with Crippen molar-refractivity contribution in [1.29, 1.82) is 0 Å². The first kappa shape index (κ1) is 57.1. The number of unbranched alkanes of at least 4 members (excludes halogenated alkanes) is 20. The summed E-state index contributed by atoms with van der Waals surface area (Å²) in [5, 5.41) is 0. The third kappa shape index (κ3) is 47.8. The van der Waals surface area contributed by atoms with Crippen molar-refractivity contribution in [3.8, 4) is 0 Å². The fourth-order valence-electron chi connectivity index (χ4n) is 6.69. The van der Waals surface area contributed by atoms with Crippen molar-refractivity contribution in [2.45, 2.75) is 232 Å². The van der Waals surface area contributed by atoms with Crippen LogP contribution in [0.25, 0.3) is 0 Å². The summed E-state index contributed by atoms with van der Waals surface area (Å²) in [6.07, 6.45) is 66.1. The molecule has 344 valence electrons. The largest absolute Gasteiger partial charge is 0.462 e. The molecule has 0 amide bonds. The zero-order valence-electron chi connectivity index (χ0n) is 39.5. The van der Waals surface area contributed by atoms with Crippen molar-refractivity contribution in [2.75, 3.05) is 19.8 Å². The van der Waals surface area contributed by atoms with Crippen LogP contribution in [0.15, 0.2) is 85.1 Å². The Morgan fingerprint density at radius 2 is 0.767 bits per heavy atom. The maximum absolute atomic E-state index is 12.7. The van der Waals surface area contributed by atoms with Crippen molar-refractivity contribution in [2.24, 2.45) is 0 Å². The van der Waals surface area contributed by atoms with E-state index in [0.29, 0.717) is 19.4 Å². The first-order valence-electron chi connectivity index (χ1n) is 25.1. The molecular formula is C55H94O5. The number of hydrogen-bond acceptors (Lipinski definition) is 5. The third-order valence-corrected chi connectivity index (χ3v) is 10.4. The fourth-order valence-corrected chi connectivity index (χ4v) is 6.69. The van der Waals surface area contributed by atoms with Crippen molar-refractivity contribution in [1.82, 2.24) is 0 Å². The van der Waals surface area contributed by atoms with Gasteiger partial charge >= 0.3 is 11.9 Å². The van der Waals surface area contributed by atoms with Gasteiger partial charge in [0, 0.05) is 19.4 Å². The minimum Gasteiger partial charge on any atom is -0.462 e. The highest BCUT2D eigenvalue weighted by molar-refractivity contribution is 5.70. The molecule has 0 radical (unpaired) electrons.